The zero-order valence-electron chi connectivity index (χ0n) is 11.1. The molecular weight excluding hydrogens is 256 g/mol. The summed E-state index contributed by atoms with van der Waals surface area (Å²) in [5, 5.41) is 5.43. The Labute approximate surface area is 111 Å². The highest BCUT2D eigenvalue weighted by Gasteiger charge is 2.25. The SMILES string of the molecule is CC(C)(C)NC(=O)C(=S=S)C(=O)NC(C)(C)C. The number of rotatable bonds is 2. The zero-order chi connectivity index (χ0) is 13.9. The molecule has 2 N–H and O–H groups in total. The van der Waals surface area contributed by atoms with Gasteiger partial charge in [-0.25, -0.2) is 0 Å². The fourth-order valence-corrected chi connectivity index (χ4v) is 1.68. The lowest BCUT2D eigenvalue weighted by atomic mass is 10.1. The second kappa shape index (κ2) is 5.73. The Kier molecular flexibility index (Phi) is 5.48. The molecule has 0 aliphatic heterocycles. The first-order chi connectivity index (χ1) is 7.46. The third-order valence-electron chi connectivity index (χ3n) is 1.47. The summed E-state index contributed by atoms with van der Waals surface area (Å²) in [7, 11) is 0.743. The monoisotopic (exact) mass is 276 g/mol. The van der Waals surface area contributed by atoms with Gasteiger partial charge < -0.3 is 10.6 Å². The summed E-state index contributed by atoms with van der Waals surface area (Å²) in [5.74, 6) is -0.862. The van der Waals surface area contributed by atoms with Crippen molar-refractivity contribution < 1.29 is 9.59 Å². The Morgan fingerprint density at radius 3 is 1.35 bits per heavy atom. The van der Waals surface area contributed by atoms with Crippen molar-refractivity contribution in [3.63, 3.8) is 0 Å². The summed E-state index contributed by atoms with van der Waals surface area (Å²) in [6.07, 6.45) is 0. The van der Waals surface area contributed by atoms with Gasteiger partial charge in [-0.15, -0.1) is 0 Å². The highest BCUT2D eigenvalue weighted by molar-refractivity contribution is 8.18. The summed E-state index contributed by atoms with van der Waals surface area (Å²) >= 11 is 4.76. The molecule has 4 nitrogen and oxygen atoms in total. The molecule has 0 rings (SSSR count). The van der Waals surface area contributed by atoms with Gasteiger partial charge in [-0.05, 0) is 52.7 Å². The Morgan fingerprint density at radius 2 is 1.18 bits per heavy atom. The Morgan fingerprint density at radius 1 is 0.882 bits per heavy atom. The van der Waals surface area contributed by atoms with Gasteiger partial charge >= 0.3 is 0 Å². The van der Waals surface area contributed by atoms with Crippen molar-refractivity contribution in [3.8, 4) is 0 Å². The molecule has 0 saturated carbocycles. The van der Waals surface area contributed by atoms with E-state index < -0.39 is 22.9 Å². The molecule has 2 amide bonds. The lowest BCUT2D eigenvalue weighted by Gasteiger charge is -2.23. The fourth-order valence-electron chi connectivity index (χ4n) is 0.974. The van der Waals surface area contributed by atoms with E-state index in [1.807, 2.05) is 41.5 Å². The van der Waals surface area contributed by atoms with Crippen molar-refractivity contribution >= 4 is 37.8 Å². The van der Waals surface area contributed by atoms with Crippen LogP contribution in [0.15, 0.2) is 0 Å². The minimum absolute atomic E-state index is 0.00449. The van der Waals surface area contributed by atoms with Crippen molar-refractivity contribution in [1.82, 2.24) is 10.6 Å². The van der Waals surface area contributed by atoms with Crippen LogP contribution in [0, 0.1) is 0 Å². The third-order valence-corrected chi connectivity index (χ3v) is 2.51. The lowest BCUT2D eigenvalue weighted by Crippen LogP contribution is -2.52. The molecule has 0 aromatic rings. The molecule has 0 heterocycles. The van der Waals surface area contributed by atoms with Gasteiger partial charge in [-0.3, -0.25) is 9.59 Å². The van der Waals surface area contributed by atoms with E-state index in [-0.39, 0.29) is 4.86 Å². The number of amides is 2. The smallest absolute Gasteiger partial charge is 0.268 e. The molecule has 0 saturated heterocycles. The van der Waals surface area contributed by atoms with E-state index in [4.69, 9.17) is 11.2 Å². The van der Waals surface area contributed by atoms with Gasteiger partial charge in [0.15, 0.2) is 4.86 Å². The van der Waals surface area contributed by atoms with E-state index in [2.05, 4.69) is 10.6 Å². The Hall–Kier alpha value is -0.750. The van der Waals surface area contributed by atoms with Gasteiger partial charge in [0, 0.05) is 11.1 Å². The molecular formula is C11H20N2O2S2. The van der Waals surface area contributed by atoms with Crippen LogP contribution in [-0.2, 0) is 30.7 Å². The van der Waals surface area contributed by atoms with E-state index in [0.29, 0.717) is 0 Å². The maximum atomic E-state index is 11.8. The normalized spacial score (nSPS) is 11.6. The maximum absolute atomic E-state index is 11.8. The van der Waals surface area contributed by atoms with Gasteiger partial charge in [0.25, 0.3) is 11.8 Å². The van der Waals surface area contributed by atoms with E-state index in [0.717, 1.165) is 9.91 Å². The lowest BCUT2D eigenvalue weighted by molar-refractivity contribution is -0.119. The van der Waals surface area contributed by atoms with Crippen LogP contribution in [0.4, 0.5) is 0 Å². The van der Waals surface area contributed by atoms with Crippen molar-refractivity contribution in [1.29, 1.82) is 0 Å². The van der Waals surface area contributed by atoms with E-state index in [1.54, 1.807) is 0 Å². The largest absolute Gasteiger partial charge is 0.347 e. The molecule has 0 aliphatic carbocycles. The third kappa shape index (κ3) is 7.23. The second-order valence-electron chi connectivity index (χ2n) is 5.82. The second-order valence-corrected chi connectivity index (χ2v) is 6.90. The highest BCUT2D eigenvalue weighted by Crippen LogP contribution is 2.00. The Balaban J connectivity index is 4.83. The topological polar surface area (TPSA) is 58.2 Å². The predicted octanol–water partition coefficient (Wildman–Crippen LogP) is 0.533. The summed E-state index contributed by atoms with van der Waals surface area (Å²) in [6.45, 7) is 11.1. The van der Waals surface area contributed by atoms with E-state index >= 15 is 0 Å². The van der Waals surface area contributed by atoms with Crippen LogP contribution in [0.2, 0.25) is 0 Å². The molecule has 0 aromatic carbocycles. The molecule has 0 spiro atoms. The summed E-state index contributed by atoms with van der Waals surface area (Å²) < 4.78 is 0. The molecule has 0 atom stereocenters. The molecule has 0 aliphatic rings. The van der Waals surface area contributed by atoms with Crippen LogP contribution >= 0.6 is 0 Å². The van der Waals surface area contributed by atoms with Crippen molar-refractivity contribution in [2.45, 2.75) is 52.6 Å². The van der Waals surface area contributed by atoms with E-state index in [1.165, 1.54) is 0 Å². The molecule has 6 heteroatoms. The summed E-state index contributed by atoms with van der Waals surface area (Å²) in [6, 6.07) is 0. The maximum Gasteiger partial charge on any atom is 0.268 e. The zero-order valence-corrected chi connectivity index (χ0v) is 12.8. The summed E-state index contributed by atoms with van der Waals surface area (Å²) in [5.41, 5.74) is -0.787. The first-order valence-electron chi connectivity index (χ1n) is 5.28. The molecule has 0 bridgehead atoms. The number of nitrogens with one attached hydrogen (secondary N) is 2. The van der Waals surface area contributed by atoms with Gasteiger partial charge in [-0.1, -0.05) is 9.91 Å². The quantitative estimate of drug-likeness (QED) is 0.571. The first-order valence-corrected chi connectivity index (χ1v) is 7.02. The Bertz CT molecular complexity index is 342. The highest BCUT2D eigenvalue weighted by atomic mass is 32.8. The van der Waals surface area contributed by atoms with Crippen LogP contribution in [0.3, 0.4) is 0 Å². The van der Waals surface area contributed by atoms with Crippen molar-refractivity contribution in [2.24, 2.45) is 0 Å². The number of carbonyl (C=O) groups is 2. The van der Waals surface area contributed by atoms with Crippen LogP contribution in [0.25, 0.3) is 0 Å². The minimum Gasteiger partial charge on any atom is -0.347 e. The molecule has 17 heavy (non-hydrogen) atoms. The number of carbonyl (C=O) groups excluding carboxylic acids is 2. The average Bonchev–Trinajstić information content (AvgIpc) is 1.96. The molecule has 0 aromatic heterocycles. The van der Waals surface area contributed by atoms with Crippen molar-refractivity contribution in [3.05, 3.63) is 0 Å². The van der Waals surface area contributed by atoms with Crippen LogP contribution in [0.5, 0.6) is 0 Å². The number of hydrogen-bond donors (Lipinski definition) is 2. The fraction of sp³-hybridized carbons (Fsp3) is 0.727. The average molecular weight is 276 g/mol. The van der Waals surface area contributed by atoms with Crippen LogP contribution in [-0.4, -0.2) is 27.8 Å². The molecule has 98 valence electrons. The molecule has 0 fully saturated rings. The predicted molar refractivity (Wildman–Crippen MR) is 75.5 cm³/mol. The first kappa shape index (κ1) is 16.2. The van der Waals surface area contributed by atoms with Gasteiger partial charge in [-0.2, -0.15) is 0 Å². The summed E-state index contributed by atoms with van der Waals surface area (Å²) in [4.78, 5) is 23.6. The van der Waals surface area contributed by atoms with Crippen LogP contribution < -0.4 is 10.6 Å². The van der Waals surface area contributed by atoms with Gasteiger partial charge in [0.2, 0.25) is 0 Å². The van der Waals surface area contributed by atoms with Gasteiger partial charge in [0.05, 0.1) is 0 Å². The number of hydrogen-bond acceptors (Lipinski definition) is 3. The van der Waals surface area contributed by atoms with E-state index in [9.17, 15) is 9.59 Å². The standard InChI is InChI=1S/C11H20N2O2S2/c1-10(2,3)12-8(14)7(17-16)9(15)13-11(4,5)6/h1-6H3,(H,12,14)(H,13,15). The molecule has 0 radical (unpaired) electrons. The van der Waals surface area contributed by atoms with Gasteiger partial charge in [0.1, 0.15) is 0 Å². The minimum atomic E-state index is -0.431. The van der Waals surface area contributed by atoms with Crippen molar-refractivity contribution in [2.75, 3.05) is 0 Å². The van der Waals surface area contributed by atoms with Crippen LogP contribution in [0.1, 0.15) is 41.5 Å². The molecule has 0 unspecified atom stereocenters.